The molecule has 20 heavy (non-hydrogen) atoms. The number of pyridine rings is 1. The molecule has 0 unspecified atom stereocenters. The van der Waals surface area contributed by atoms with E-state index in [1.165, 1.54) is 24.4 Å². The van der Waals surface area contributed by atoms with Gasteiger partial charge in [0.05, 0.1) is 12.2 Å². The fraction of sp³-hybridized carbons (Fsp3) is 0.154. The van der Waals surface area contributed by atoms with Crippen LogP contribution in [0.25, 0.3) is 0 Å². The Labute approximate surface area is 117 Å². The van der Waals surface area contributed by atoms with E-state index in [2.05, 4.69) is 4.98 Å². The van der Waals surface area contributed by atoms with Gasteiger partial charge in [0.2, 0.25) is 5.88 Å². The van der Waals surface area contributed by atoms with Crippen LogP contribution in [0.5, 0.6) is 11.6 Å². The van der Waals surface area contributed by atoms with Crippen molar-refractivity contribution in [3.05, 3.63) is 52.7 Å². The molecule has 0 aliphatic carbocycles. The van der Waals surface area contributed by atoms with E-state index in [4.69, 9.17) is 21.4 Å². The Morgan fingerprint density at radius 2 is 1.85 bits per heavy atom. The summed E-state index contributed by atoms with van der Waals surface area (Å²) < 4.78 is 42.5. The van der Waals surface area contributed by atoms with Gasteiger partial charge in [-0.2, -0.15) is 13.2 Å². The van der Waals surface area contributed by atoms with Gasteiger partial charge in [0.1, 0.15) is 10.8 Å². The van der Waals surface area contributed by atoms with Crippen molar-refractivity contribution in [2.75, 3.05) is 0 Å². The Hall–Kier alpha value is -1.79. The summed E-state index contributed by atoms with van der Waals surface area (Å²) in [6.45, 7) is -0.215. The normalized spacial score (nSPS) is 11.4. The van der Waals surface area contributed by atoms with Crippen molar-refractivity contribution in [3.63, 3.8) is 0 Å². The second-order valence-corrected chi connectivity index (χ2v) is 4.32. The number of aliphatic hydroxyl groups excluding tert-OH is 1. The van der Waals surface area contributed by atoms with Crippen molar-refractivity contribution in [2.45, 2.75) is 12.8 Å². The largest absolute Gasteiger partial charge is 0.438 e. The summed E-state index contributed by atoms with van der Waals surface area (Å²) in [6, 6.07) is 5.65. The molecule has 0 atom stereocenters. The number of hydrogen-bond donors (Lipinski definition) is 1. The molecule has 3 nitrogen and oxygen atoms in total. The highest BCUT2D eigenvalue weighted by molar-refractivity contribution is 6.31. The Kier molecular flexibility index (Phi) is 4.15. The maximum atomic E-state index is 12.4. The van der Waals surface area contributed by atoms with Crippen molar-refractivity contribution < 1.29 is 23.0 Å². The van der Waals surface area contributed by atoms with Crippen LogP contribution in [0.4, 0.5) is 13.2 Å². The van der Waals surface area contributed by atoms with Crippen molar-refractivity contribution in [2.24, 2.45) is 0 Å². The molecule has 1 aromatic heterocycles. The van der Waals surface area contributed by atoms with Crippen molar-refractivity contribution in [1.82, 2.24) is 4.98 Å². The summed E-state index contributed by atoms with van der Waals surface area (Å²) in [5.41, 5.74) is -0.255. The van der Waals surface area contributed by atoms with Gasteiger partial charge in [-0.1, -0.05) is 11.6 Å². The maximum Gasteiger partial charge on any atom is 0.416 e. The lowest BCUT2D eigenvalue weighted by molar-refractivity contribution is -0.137. The minimum atomic E-state index is -4.39. The van der Waals surface area contributed by atoms with Gasteiger partial charge in [-0.3, -0.25) is 0 Å². The molecule has 0 spiro atoms. The predicted molar refractivity (Wildman–Crippen MR) is 66.7 cm³/mol. The van der Waals surface area contributed by atoms with Gasteiger partial charge >= 0.3 is 6.18 Å². The number of benzene rings is 1. The fourth-order valence-corrected chi connectivity index (χ4v) is 1.68. The van der Waals surface area contributed by atoms with Gasteiger partial charge in [0.25, 0.3) is 0 Å². The zero-order valence-corrected chi connectivity index (χ0v) is 10.7. The molecule has 0 radical (unpaired) electrons. The minimum Gasteiger partial charge on any atom is -0.438 e. The predicted octanol–water partition coefficient (Wildman–Crippen LogP) is 4.04. The SMILES string of the molecule is OCc1cnc(Oc2ccc(C(F)(F)F)cc2)c(Cl)c1. The van der Waals surface area contributed by atoms with Crippen LogP contribution in [-0.4, -0.2) is 10.1 Å². The van der Waals surface area contributed by atoms with Crippen LogP contribution in [0.15, 0.2) is 36.5 Å². The van der Waals surface area contributed by atoms with E-state index >= 15 is 0 Å². The molecule has 0 aliphatic rings. The first-order valence-corrected chi connectivity index (χ1v) is 5.88. The summed E-state index contributed by atoms with van der Waals surface area (Å²) in [4.78, 5) is 3.88. The van der Waals surface area contributed by atoms with Gasteiger partial charge in [-0.05, 0) is 35.9 Å². The number of alkyl halides is 3. The Balaban J connectivity index is 2.18. The Bertz CT molecular complexity index is 600. The number of ether oxygens (including phenoxy) is 1. The highest BCUT2D eigenvalue weighted by Crippen LogP contribution is 2.32. The smallest absolute Gasteiger partial charge is 0.416 e. The van der Waals surface area contributed by atoms with Crippen LogP contribution >= 0.6 is 11.6 Å². The molecule has 0 saturated heterocycles. The van der Waals surface area contributed by atoms with E-state index in [-0.39, 0.29) is 23.3 Å². The molecule has 0 amide bonds. The van der Waals surface area contributed by atoms with E-state index in [1.807, 2.05) is 0 Å². The minimum absolute atomic E-state index is 0.0589. The third kappa shape index (κ3) is 3.40. The molecular weight excluding hydrogens is 295 g/mol. The molecule has 0 saturated carbocycles. The van der Waals surface area contributed by atoms with Crippen LogP contribution in [0.2, 0.25) is 5.02 Å². The molecule has 0 fully saturated rings. The molecule has 0 bridgehead atoms. The van der Waals surface area contributed by atoms with Gasteiger partial charge in [-0.15, -0.1) is 0 Å². The van der Waals surface area contributed by atoms with E-state index in [0.717, 1.165) is 12.1 Å². The first-order valence-electron chi connectivity index (χ1n) is 5.50. The number of aromatic nitrogens is 1. The van der Waals surface area contributed by atoms with Crippen molar-refractivity contribution in [3.8, 4) is 11.6 Å². The van der Waals surface area contributed by atoms with Crippen molar-refractivity contribution >= 4 is 11.6 Å². The van der Waals surface area contributed by atoms with Crippen molar-refractivity contribution in [1.29, 1.82) is 0 Å². The van der Waals surface area contributed by atoms with Crippen LogP contribution in [0.1, 0.15) is 11.1 Å². The zero-order chi connectivity index (χ0) is 14.8. The van der Waals surface area contributed by atoms with Gasteiger partial charge in [0, 0.05) is 6.20 Å². The lowest BCUT2D eigenvalue weighted by atomic mass is 10.2. The summed E-state index contributed by atoms with van der Waals surface area (Å²) in [5, 5.41) is 9.07. The van der Waals surface area contributed by atoms with E-state index in [1.54, 1.807) is 0 Å². The molecule has 2 aromatic rings. The summed E-state index contributed by atoms with van der Waals surface area (Å²) in [5.74, 6) is 0.243. The quantitative estimate of drug-likeness (QED) is 0.930. The van der Waals surface area contributed by atoms with Crippen LogP contribution < -0.4 is 4.74 Å². The molecular formula is C13H9ClF3NO2. The number of nitrogens with zero attached hydrogens (tertiary/aromatic N) is 1. The highest BCUT2D eigenvalue weighted by Gasteiger charge is 2.30. The molecule has 1 N–H and O–H groups in total. The third-order valence-corrected chi connectivity index (χ3v) is 2.71. The second-order valence-electron chi connectivity index (χ2n) is 3.91. The number of rotatable bonds is 3. The fourth-order valence-electron chi connectivity index (χ4n) is 1.45. The summed E-state index contributed by atoms with van der Waals surface area (Å²) in [6.07, 6.45) is -3.03. The Morgan fingerprint density at radius 3 is 2.35 bits per heavy atom. The van der Waals surface area contributed by atoms with E-state index < -0.39 is 11.7 Å². The lowest BCUT2D eigenvalue weighted by Crippen LogP contribution is -2.04. The van der Waals surface area contributed by atoms with Gasteiger partial charge < -0.3 is 9.84 Å². The second kappa shape index (κ2) is 5.68. The number of aliphatic hydroxyl groups is 1. The molecule has 0 aliphatic heterocycles. The molecule has 2 rings (SSSR count). The zero-order valence-electron chi connectivity index (χ0n) is 9.99. The maximum absolute atomic E-state index is 12.4. The van der Waals surface area contributed by atoms with E-state index in [0.29, 0.717) is 5.56 Å². The molecule has 1 aromatic carbocycles. The lowest BCUT2D eigenvalue weighted by Gasteiger charge is -2.09. The monoisotopic (exact) mass is 303 g/mol. The summed E-state index contributed by atoms with van der Waals surface area (Å²) >= 11 is 5.88. The average Bonchev–Trinajstić information content (AvgIpc) is 2.40. The van der Waals surface area contributed by atoms with E-state index in [9.17, 15) is 13.2 Å². The van der Waals surface area contributed by atoms with Gasteiger partial charge in [0.15, 0.2) is 0 Å². The number of hydrogen-bond acceptors (Lipinski definition) is 3. The first kappa shape index (κ1) is 14.6. The Morgan fingerprint density at radius 1 is 1.20 bits per heavy atom. The third-order valence-electron chi connectivity index (χ3n) is 2.44. The topological polar surface area (TPSA) is 42.4 Å². The highest BCUT2D eigenvalue weighted by atomic mass is 35.5. The average molecular weight is 304 g/mol. The molecule has 7 heteroatoms. The van der Waals surface area contributed by atoms with Crippen LogP contribution in [-0.2, 0) is 12.8 Å². The molecule has 1 heterocycles. The molecule has 106 valence electrons. The van der Waals surface area contributed by atoms with Gasteiger partial charge in [-0.25, -0.2) is 4.98 Å². The first-order chi connectivity index (χ1) is 9.40. The standard InChI is InChI=1S/C13H9ClF3NO2/c14-11-5-8(7-19)6-18-12(11)20-10-3-1-9(2-4-10)13(15,16)17/h1-6,19H,7H2. The summed E-state index contributed by atoms with van der Waals surface area (Å²) in [7, 11) is 0. The van der Waals surface area contributed by atoms with Crippen LogP contribution in [0.3, 0.4) is 0 Å². The number of halogens is 4. The van der Waals surface area contributed by atoms with Crippen LogP contribution in [0, 0.1) is 0 Å².